The molecule has 0 aromatic carbocycles. The molecule has 0 spiro atoms. The fraction of sp³-hybridized carbons (Fsp3) is 0.571. The van der Waals surface area contributed by atoms with Crippen LogP contribution in [0.1, 0.15) is 19.9 Å². The van der Waals surface area contributed by atoms with Gasteiger partial charge < -0.3 is 4.42 Å². The second-order valence-corrected chi connectivity index (χ2v) is 2.94. The summed E-state index contributed by atoms with van der Waals surface area (Å²) in [5.41, 5.74) is -0.656. The van der Waals surface area contributed by atoms with Crippen LogP contribution in [0.5, 0.6) is 0 Å². The highest BCUT2D eigenvalue weighted by atomic mass is 16.5. The second kappa shape index (κ2) is 3.04. The van der Waals surface area contributed by atoms with E-state index in [9.17, 15) is 14.4 Å². The molecule has 0 aliphatic heterocycles. The molecule has 72 valence electrons. The van der Waals surface area contributed by atoms with Gasteiger partial charge in [0.1, 0.15) is 0 Å². The maximum Gasteiger partial charge on any atom is 0.427 e. The molecule has 1 rings (SSSR count). The molecule has 1 aromatic heterocycles. The highest BCUT2D eigenvalue weighted by Gasteiger charge is 2.10. The van der Waals surface area contributed by atoms with Gasteiger partial charge in [0.05, 0.1) is 0 Å². The van der Waals surface area contributed by atoms with Crippen molar-refractivity contribution in [2.45, 2.75) is 19.9 Å². The Kier molecular flexibility index (Phi) is 2.22. The number of nitrogens with zero attached hydrogens (tertiary/aromatic N) is 2. The minimum Gasteiger partial charge on any atom is -0.358 e. The number of hydrogen-bond acceptors (Lipinski definition) is 4. The van der Waals surface area contributed by atoms with Gasteiger partial charge in [0.25, 0.3) is 0 Å². The van der Waals surface area contributed by atoms with E-state index in [4.69, 9.17) is 0 Å². The van der Waals surface area contributed by atoms with E-state index in [0.29, 0.717) is 0 Å². The Bertz CT molecular complexity index is 476. The first kappa shape index (κ1) is 9.50. The molecule has 0 unspecified atom stereocenters. The standard InChI is InChI=1S/C7H10N2O4/c1-4(2)9-5(10)8(3)6(11)13-7(9)12/h4H,1-3H3. The Morgan fingerprint density at radius 3 is 2.15 bits per heavy atom. The summed E-state index contributed by atoms with van der Waals surface area (Å²) in [7, 11) is 1.26. The van der Waals surface area contributed by atoms with Gasteiger partial charge in [-0.05, 0) is 13.8 Å². The predicted molar refractivity (Wildman–Crippen MR) is 44.9 cm³/mol. The third kappa shape index (κ3) is 1.47. The molecule has 6 heteroatoms. The van der Waals surface area contributed by atoms with Crippen LogP contribution in [0.15, 0.2) is 18.8 Å². The highest BCUT2D eigenvalue weighted by Crippen LogP contribution is 1.91. The monoisotopic (exact) mass is 186 g/mol. The van der Waals surface area contributed by atoms with Gasteiger partial charge in [-0.2, -0.15) is 0 Å². The smallest absolute Gasteiger partial charge is 0.358 e. The molecular weight excluding hydrogens is 176 g/mol. The van der Waals surface area contributed by atoms with Crippen molar-refractivity contribution in [3.63, 3.8) is 0 Å². The maximum atomic E-state index is 11.3. The summed E-state index contributed by atoms with van der Waals surface area (Å²) >= 11 is 0. The molecule has 1 heterocycles. The normalized spacial score (nSPS) is 10.8. The van der Waals surface area contributed by atoms with Crippen molar-refractivity contribution in [1.82, 2.24) is 9.13 Å². The third-order valence-electron chi connectivity index (χ3n) is 1.65. The van der Waals surface area contributed by atoms with Crippen LogP contribution in [0, 0.1) is 0 Å². The van der Waals surface area contributed by atoms with Crippen molar-refractivity contribution >= 4 is 0 Å². The van der Waals surface area contributed by atoms with Crippen LogP contribution in [0.4, 0.5) is 0 Å². The van der Waals surface area contributed by atoms with Gasteiger partial charge in [0, 0.05) is 13.1 Å². The maximum absolute atomic E-state index is 11.3. The minimum atomic E-state index is -0.938. The highest BCUT2D eigenvalue weighted by molar-refractivity contribution is 4.71. The van der Waals surface area contributed by atoms with E-state index in [0.717, 1.165) is 9.13 Å². The van der Waals surface area contributed by atoms with Crippen molar-refractivity contribution in [3.05, 3.63) is 31.6 Å². The van der Waals surface area contributed by atoms with Gasteiger partial charge >= 0.3 is 17.2 Å². The van der Waals surface area contributed by atoms with Crippen LogP contribution in [0.2, 0.25) is 0 Å². The molecule has 0 aliphatic rings. The quantitative estimate of drug-likeness (QED) is 0.568. The molecule has 0 aliphatic carbocycles. The fourth-order valence-corrected chi connectivity index (χ4v) is 0.942. The van der Waals surface area contributed by atoms with Crippen molar-refractivity contribution in [1.29, 1.82) is 0 Å². The lowest BCUT2D eigenvalue weighted by Crippen LogP contribution is -2.45. The van der Waals surface area contributed by atoms with Crippen molar-refractivity contribution < 1.29 is 4.42 Å². The van der Waals surface area contributed by atoms with Crippen LogP contribution in [-0.4, -0.2) is 9.13 Å². The molecule has 0 N–H and O–H groups in total. The number of rotatable bonds is 1. The number of hydrogen-bond donors (Lipinski definition) is 0. The molecule has 13 heavy (non-hydrogen) atoms. The zero-order chi connectivity index (χ0) is 10.2. The van der Waals surface area contributed by atoms with Gasteiger partial charge in [-0.15, -0.1) is 0 Å². The minimum absolute atomic E-state index is 0.324. The molecule has 0 amide bonds. The average molecular weight is 186 g/mol. The predicted octanol–water partition coefficient (Wildman–Crippen LogP) is -0.919. The molecule has 6 nitrogen and oxygen atoms in total. The molecule has 0 atom stereocenters. The van der Waals surface area contributed by atoms with Crippen molar-refractivity contribution in [2.24, 2.45) is 7.05 Å². The topological polar surface area (TPSA) is 74.2 Å². The third-order valence-corrected chi connectivity index (χ3v) is 1.65. The Labute approximate surface area is 73.0 Å². The summed E-state index contributed by atoms with van der Waals surface area (Å²) < 4.78 is 5.92. The van der Waals surface area contributed by atoms with Crippen LogP contribution in [0.25, 0.3) is 0 Å². The molecule has 0 radical (unpaired) electrons. The lowest BCUT2D eigenvalue weighted by Gasteiger charge is -2.06. The first-order valence-electron chi connectivity index (χ1n) is 3.78. The first-order chi connectivity index (χ1) is 5.95. The van der Waals surface area contributed by atoms with Crippen LogP contribution in [-0.2, 0) is 7.05 Å². The second-order valence-electron chi connectivity index (χ2n) is 2.94. The SMILES string of the molecule is CC(C)n1c(=O)oc(=O)n(C)c1=O. The van der Waals surface area contributed by atoms with E-state index < -0.39 is 17.2 Å². The van der Waals surface area contributed by atoms with E-state index >= 15 is 0 Å². The Balaban J connectivity index is 3.75. The molecule has 0 fully saturated rings. The summed E-state index contributed by atoms with van der Waals surface area (Å²) in [6, 6.07) is -0.324. The van der Waals surface area contributed by atoms with E-state index in [1.54, 1.807) is 13.8 Å². The first-order valence-corrected chi connectivity index (χ1v) is 3.78. The molecule has 0 saturated heterocycles. The molecule has 0 bridgehead atoms. The van der Waals surface area contributed by atoms with Gasteiger partial charge in [-0.3, -0.25) is 0 Å². The van der Waals surface area contributed by atoms with Crippen LogP contribution in [0.3, 0.4) is 0 Å². The lowest BCUT2D eigenvalue weighted by atomic mass is 10.4. The fourth-order valence-electron chi connectivity index (χ4n) is 0.942. The Hall–Kier alpha value is -1.59. The summed E-state index contributed by atoms with van der Waals surface area (Å²) in [5, 5.41) is 0. The summed E-state index contributed by atoms with van der Waals surface area (Å²) in [5.74, 6) is -1.85. The molecule has 1 aromatic rings. The largest absolute Gasteiger partial charge is 0.427 e. The van der Waals surface area contributed by atoms with Gasteiger partial charge in [-0.1, -0.05) is 0 Å². The zero-order valence-electron chi connectivity index (χ0n) is 7.60. The van der Waals surface area contributed by atoms with Crippen LogP contribution >= 0.6 is 0 Å². The van der Waals surface area contributed by atoms with Gasteiger partial charge in [-0.25, -0.2) is 23.5 Å². The lowest BCUT2D eigenvalue weighted by molar-refractivity contribution is 0.320. The van der Waals surface area contributed by atoms with Gasteiger partial charge in [0.2, 0.25) is 0 Å². The van der Waals surface area contributed by atoms with E-state index in [-0.39, 0.29) is 6.04 Å². The van der Waals surface area contributed by atoms with E-state index in [1.165, 1.54) is 7.05 Å². The summed E-state index contributed by atoms with van der Waals surface area (Å²) in [6.45, 7) is 3.31. The van der Waals surface area contributed by atoms with Gasteiger partial charge in [0.15, 0.2) is 0 Å². The summed E-state index contributed by atoms with van der Waals surface area (Å²) in [6.07, 6.45) is 0. The van der Waals surface area contributed by atoms with Crippen molar-refractivity contribution in [2.75, 3.05) is 0 Å². The van der Waals surface area contributed by atoms with E-state index in [1.807, 2.05) is 0 Å². The Morgan fingerprint density at radius 1 is 1.15 bits per heavy atom. The molecular formula is C7H10N2O4. The Morgan fingerprint density at radius 2 is 1.69 bits per heavy atom. The van der Waals surface area contributed by atoms with Crippen molar-refractivity contribution in [3.8, 4) is 0 Å². The van der Waals surface area contributed by atoms with E-state index in [2.05, 4.69) is 4.42 Å². The van der Waals surface area contributed by atoms with Crippen LogP contribution < -0.4 is 17.2 Å². The average Bonchev–Trinajstić information content (AvgIpc) is 1.99. The summed E-state index contributed by atoms with van der Waals surface area (Å²) in [4.78, 5) is 33.2. The molecule has 0 saturated carbocycles. The zero-order valence-corrected chi connectivity index (χ0v) is 7.60. The number of aromatic nitrogens is 2.